The van der Waals surface area contributed by atoms with Gasteiger partial charge in [-0.2, -0.15) is 0 Å². The molecule has 0 aliphatic rings. The minimum Gasteiger partial charge on any atom is -0.246 e. The summed E-state index contributed by atoms with van der Waals surface area (Å²) in [6.45, 7) is 0. The lowest BCUT2D eigenvalue weighted by molar-refractivity contribution is 1.49. The molecule has 0 saturated carbocycles. The molecule has 96 valence electrons. The largest absolute Gasteiger partial charge is 0.246 e. The van der Waals surface area contributed by atoms with Crippen molar-refractivity contribution in [2.45, 2.75) is 6.42 Å². The summed E-state index contributed by atoms with van der Waals surface area (Å²) in [5.74, 6) is 0. The number of nitrogens with zero attached hydrogens (tertiary/aromatic N) is 1. The summed E-state index contributed by atoms with van der Waals surface area (Å²) in [6.07, 6.45) is 2.75. The number of hydrogen-bond donors (Lipinski definition) is 0. The van der Waals surface area contributed by atoms with Crippen LogP contribution >= 0.6 is 24.0 Å². The van der Waals surface area contributed by atoms with E-state index in [0.717, 1.165) is 27.6 Å². The van der Waals surface area contributed by atoms with Crippen molar-refractivity contribution in [2.75, 3.05) is 6.26 Å². The molecule has 0 saturated heterocycles. The Balaban J connectivity index is 2.12. The van der Waals surface area contributed by atoms with Gasteiger partial charge < -0.3 is 0 Å². The van der Waals surface area contributed by atoms with Gasteiger partial charge in [0.2, 0.25) is 0 Å². The summed E-state index contributed by atoms with van der Waals surface area (Å²) >= 11 is 7.14. The molecule has 0 N–H and O–H groups in total. The van der Waals surface area contributed by atoms with E-state index in [4.69, 9.17) is 12.2 Å². The van der Waals surface area contributed by atoms with E-state index in [1.807, 2.05) is 66.9 Å². The number of aliphatic imine (C=N–C) groups is 1. The Morgan fingerprint density at radius 2 is 1.58 bits per heavy atom. The minimum absolute atomic E-state index is 0.718. The number of hydrogen-bond acceptors (Lipinski definition) is 3. The van der Waals surface area contributed by atoms with Crippen molar-refractivity contribution in [3.63, 3.8) is 0 Å². The first-order chi connectivity index (χ1) is 9.29. The van der Waals surface area contributed by atoms with Crippen LogP contribution in [0, 0.1) is 0 Å². The van der Waals surface area contributed by atoms with Crippen LogP contribution in [-0.2, 0) is 0 Å². The minimum atomic E-state index is 0.718. The first-order valence-corrected chi connectivity index (χ1v) is 7.68. The second kappa shape index (κ2) is 7.22. The lowest BCUT2D eigenvalue weighted by atomic mass is 10.1. The Kier molecular flexibility index (Phi) is 5.31. The molecule has 0 bridgehead atoms. The van der Waals surface area contributed by atoms with Crippen LogP contribution < -0.4 is 0 Å². The van der Waals surface area contributed by atoms with E-state index in [1.54, 1.807) is 11.8 Å². The lowest BCUT2D eigenvalue weighted by Gasteiger charge is -2.05. The maximum absolute atomic E-state index is 5.49. The van der Waals surface area contributed by atoms with Crippen molar-refractivity contribution >= 4 is 39.6 Å². The molecular weight excluding hydrogens is 270 g/mol. The molecule has 2 aromatic carbocycles. The van der Waals surface area contributed by atoms with Crippen molar-refractivity contribution in [3.8, 4) is 0 Å². The molecule has 0 unspecified atom stereocenters. The summed E-state index contributed by atoms with van der Waals surface area (Å²) in [6, 6.07) is 20.1. The van der Waals surface area contributed by atoms with Gasteiger partial charge in [0, 0.05) is 11.3 Å². The SMILES string of the molecule is CSC(CC(=S)c1ccccc1)=Nc1ccccc1. The molecule has 0 heterocycles. The summed E-state index contributed by atoms with van der Waals surface area (Å²) in [4.78, 5) is 5.57. The van der Waals surface area contributed by atoms with Gasteiger partial charge in [-0.15, -0.1) is 11.8 Å². The summed E-state index contributed by atoms with van der Waals surface area (Å²) in [5.41, 5.74) is 2.08. The predicted molar refractivity (Wildman–Crippen MR) is 89.8 cm³/mol. The van der Waals surface area contributed by atoms with Crippen molar-refractivity contribution in [1.29, 1.82) is 0 Å². The van der Waals surface area contributed by atoms with E-state index in [-0.39, 0.29) is 0 Å². The van der Waals surface area contributed by atoms with Gasteiger partial charge >= 0.3 is 0 Å². The number of benzene rings is 2. The van der Waals surface area contributed by atoms with Crippen LogP contribution in [0.1, 0.15) is 12.0 Å². The fraction of sp³-hybridized carbons (Fsp3) is 0.125. The Morgan fingerprint density at radius 3 is 2.16 bits per heavy atom. The van der Waals surface area contributed by atoms with E-state index in [1.165, 1.54) is 0 Å². The third-order valence-electron chi connectivity index (χ3n) is 2.65. The molecule has 0 spiro atoms. The smallest absolute Gasteiger partial charge is 0.0788 e. The van der Waals surface area contributed by atoms with Crippen molar-refractivity contribution in [2.24, 2.45) is 4.99 Å². The normalized spacial score (nSPS) is 11.3. The van der Waals surface area contributed by atoms with Crippen LogP contribution in [0.15, 0.2) is 65.7 Å². The molecule has 2 rings (SSSR count). The highest BCUT2D eigenvalue weighted by molar-refractivity contribution is 8.13. The highest BCUT2D eigenvalue weighted by atomic mass is 32.2. The summed E-state index contributed by atoms with van der Waals surface area (Å²) in [5, 5.41) is 1.04. The predicted octanol–water partition coefficient (Wildman–Crippen LogP) is 4.89. The van der Waals surface area contributed by atoms with E-state index < -0.39 is 0 Å². The number of thioether (sulfide) groups is 1. The second-order valence-electron chi connectivity index (χ2n) is 4.01. The lowest BCUT2D eigenvalue weighted by Crippen LogP contribution is -2.03. The van der Waals surface area contributed by atoms with Crippen molar-refractivity contribution < 1.29 is 0 Å². The summed E-state index contributed by atoms with van der Waals surface area (Å²) < 4.78 is 0. The fourth-order valence-electron chi connectivity index (χ4n) is 1.67. The molecule has 0 aromatic heterocycles. The van der Waals surface area contributed by atoms with E-state index in [9.17, 15) is 0 Å². The monoisotopic (exact) mass is 285 g/mol. The Bertz CT molecular complexity index is 562. The molecule has 0 atom stereocenters. The number of thiocarbonyl (C=S) groups is 1. The Hall–Kier alpha value is -1.45. The van der Waals surface area contributed by atoms with E-state index in [0.29, 0.717) is 0 Å². The molecule has 19 heavy (non-hydrogen) atoms. The van der Waals surface area contributed by atoms with E-state index in [2.05, 4.69) is 4.99 Å². The molecule has 0 aliphatic carbocycles. The third-order valence-corrected chi connectivity index (χ3v) is 3.74. The van der Waals surface area contributed by atoms with Gasteiger partial charge in [-0.1, -0.05) is 60.7 Å². The fourth-order valence-corrected chi connectivity index (χ4v) is 2.52. The molecule has 0 fully saturated rings. The van der Waals surface area contributed by atoms with Crippen molar-refractivity contribution in [1.82, 2.24) is 0 Å². The van der Waals surface area contributed by atoms with Gasteiger partial charge in [-0.3, -0.25) is 0 Å². The van der Waals surface area contributed by atoms with Crippen LogP contribution in [0.2, 0.25) is 0 Å². The van der Waals surface area contributed by atoms with Gasteiger partial charge in [0.25, 0.3) is 0 Å². The Labute approximate surface area is 123 Å². The molecule has 0 aliphatic heterocycles. The van der Waals surface area contributed by atoms with Gasteiger partial charge in [-0.05, 0) is 24.0 Å². The molecular formula is C16H15NS2. The average Bonchev–Trinajstić information content (AvgIpc) is 2.48. The third kappa shape index (κ3) is 4.30. The second-order valence-corrected chi connectivity index (χ2v) is 5.38. The zero-order valence-electron chi connectivity index (χ0n) is 10.7. The maximum Gasteiger partial charge on any atom is 0.0788 e. The van der Waals surface area contributed by atoms with Gasteiger partial charge in [0.05, 0.1) is 10.7 Å². The van der Waals surface area contributed by atoms with Gasteiger partial charge in [0.15, 0.2) is 0 Å². The van der Waals surface area contributed by atoms with E-state index >= 15 is 0 Å². The highest BCUT2D eigenvalue weighted by Crippen LogP contribution is 2.17. The zero-order valence-corrected chi connectivity index (χ0v) is 12.4. The first kappa shape index (κ1) is 14.0. The summed E-state index contributed by atoms with van der Waals surface area (Å²) in [7, 11) is 0. The molecule has 1 nitrogen and oxygen atoms in total. The van der Waals surface area contributed by atoms with Crippen LogP contribution in [0.4, 0.5) is 5.69 Å². The average molecular weight is 285 g/mol. The highest BCUT2D eigenvalue weighted by Gasteiger charge is 2.05. The van der Waals surface area contributed by atoms with Crippen LogP contribution in [0.25, 0.3) is 0 Å². The molecule has 0 radical (unpaired) electrons. The molecule has 3 heteroatoms. The van der Waals surface area contributed by atoms with Gasteiger partial charge in [0.1, 0.15) is 0 Å². The first-order valence-electron chi connectivity index (χ1n) is 6.04. The zero-order chi connectivity index (χ0) is 13.5. The van der Waals surface area contributed by atoms with Crippen molar-refractivity contribution in [3.05, 3.63) is 66.2 Å². The standard InChI is InChI=1S/C16H15NS2/c1-19-16(17-14-10-6-3-7-11-14)12-15(18)13-8-4-2-5-9-13/h2-11H,12H2,1H3. The van der Waals surface area contributed by atoms with Gasteiger partial charge in [-0.25, -0.2) is 4.99 Å². The Morgan fingerprint density at radius 1 is 1.00 bits per heavy atom. The maximum atomic E-state index is 5.49. The molecule has 2 aromatic rings. The van der Waals surface area contributed by atoms with Crippen LogP contribution in [-0.4, -0.2) is 16.2 Å². The number of rotatable bonds is 4. The quantitative estimate of drug-likeness (QED) is 0.343. The molecule has 0 amide bonds. The van der Waals surface area contributed by atoms with Crippen LogP contribution in [0.3, 0.4) is 0 Å². The number of para-hydroxylation sites is 1. The topological polar surface area (TPSA) is 12.4 Å². The van der Waals surface area contributed by atoms with Crippen LogP contribution in [0.5, 0.6) is 0 Å².